The molecule has 1 saturated heterocycles. The molecule has 1 fully saturated rings. The van der Waals surface area contributed by atoms with Crippen molar-refractivity contribution < 1.29 is 0 Å². The molecule has 1 aliphatic rings. The molecule has 0 amide bonds. The van der Waals surface area contributed by atoms with E-state index < -0.39 is 0 Å². The van der Waals surface area contributed by atoms with Crippen LogP contribution >= 0.6 is 11.8 Å². The van der Waals surface area contributed by atoms with E-state index in [-0.39, 0.29) is 0 Å². The molecule has 3 heteroatoms. The highest BCUT2D eigenvalue weighted by Gasteiger charge is 2.29. The Morgan fingerprint density at radius 1 is 1.29 bits per heavy atom. The smallest absolute Gasteiger partial charge is 0.0244 e. The summed E-state index contributed by atoms with van der Waals surface area (Å²) >= 11 is 1.96. The molecule has 1 heterocycles. The van der Waals surface area contributed by atoms with Crippen molar-refractivity contribution in [3.8, 4) is 0 Å². The fourth-order valence-corrected chi connectivity index (χ4v) is 3.68. The third kappa shape index (κ3) is 5.32. The first-order valence-corrected chi connectivity index (χ1v) is 9.60. The van der Waals surface area contributed by atoms with Crippen LogP contribution < -0.4 is 5.32 Å². The first-order valence-electron chi connectivity index (χ1n) is 8.21. The number of thioether (sulfide) groups is 1. The molecule has 2 nitrogen and oxygen atoms in total. The Balaban J connectivity index is 1.91. The second kappa shape index (κ2) is 8.82. The van der Waals surface area contributed by atoms with Gasteiger partial charge in [-0.25, -0.2) is 0 Å². The summed E-state index contributed by atoms with van der Waals surface area (Å²) in [7, 11) is 0. The molecule has 2 rings (SSSR count). The van der Waals surface area contributed by atoms with Gasteiger partial charge in [0.25, 0.3) is 0 Å². The molecular weight excluding hydrogens is 276 g/mol. The maximum absolute atomic E-state index is 3.77. The molecule has 118 valence electrons. The van der Waals surface area contributed by atoms with Gasteiger partial charge in [-0.15, -0.1) is 0 Å². The van der Waals surface area contributed by atoms with Crippen LogP contribution in [0.25, 0.3) is 0 Å². The Labute approximate surface area is 134 Å². The van der Waals surface area contributed by atoms with Crippen LogP contribution in [0.2, 0.25) is 0 Å². The second-order valence-corrected chi connectivity index (χ2v) is 7.43. The van der Waals surface area contributed by atoms with Gasteiger partial charge in [0.2, 0.25) is 0 Å². The van der Waals surface area contributed by atoms with Crippen molar-refractivity contribution in [1.29, 1.82) is 0 Å². The van der Waals surface area contributed by atoms with Gasteiger partial charge in [-0.2, -0.15) is 11.8 Å². The van der Waals surface area contributed by atoms with Gasteiger partial charge in [0.15, 0.2) is 0 Å². The van der Waals surface area contributed by atoms with Gasteiger partial charge in [-0.1, -0.05) is 44.2 Å². The number of nitrogens with zero attached hydrogens (tertiary/aromatic N) is 1. The van der Waals surface area contributed by atoms with E-state index in [1.807, 2.05) is 11.8 Å². The highest BCUT2D eigenvalue weighted by Crippen LogP contribution is 2.18. The number of piperazine rings is 1. The number of nitrogens with one attached hydrogen (secondary N) is 1. The van der Waals surface area contributed by atoms with Crippen LogP contribution in [0.1, 0.15) is 25.8 Å². The molecule has 0 radical (unpaired) electrons. The molecule has 0 aromatic heterocycles. The average Bonchev–Trinajstić information content (AvgIpc) is 2.48. The monoisotopic (exact) mass is 306 g/mol. The number of hydrogen-bond acceptors (Lipinski definition) is 3. The van der Waals surface area contributed by atoms with Crippen LogP contribution in [0.3, 0.4) is 0 Å². The largest absolute Gasteiger partial charge is 0.311 e. The van der Waals surface area contributed by atoms with Crippen molar-refractivity contribution >= 4 is 11.8 Å². The zero-order valence-electron chi connectivity index (χ0n) is 13.7. The molecule has 1 aliphatic heterocycles. The molecule has 2 unspecified atom stereocenters. The van der Waals surface area contributed by atoms with E-state index >= 15 is 0 Å². The van der Waals surface area contributed by atoms with E-state index in [4.69, 9.17) is 0 Å². The predicted molar refractivity (Wildman–Crippen MR) is 95.1 cm³/mol. The first kappa shape index (κ1) is 16.9. The third-order valence-electron chi connectivity index (χ3n) is 4.43. The molecule has 1 aromatic carbocycles. The maximum atomic E-state index is 3.77. The van der Waals surface area contributed by atoms with Gasteiger partial charge in [-0.05, 0) is 42.9 Å². The average molecular weight is 307 g/mol. The van der Waals surface area contributed by atoms with Gasteiger partial charge in [-0.3, -0.25) is 4.90 Å². The topological polar surface area (TPSA) is 15.3 Å². The maximum Gasteiger partial charge on any atom is 0.0244 e. The van der Waals surface area contributed by atoms with E-state index in [9.17, 15) is 0 Å². The molecule has 1 aromatic rings. The molecule has 2 atom stereocenters. The minimum atomic E-state index is 0.594. The van der Waals surface area contributed by atoms with Crippen molar-refractivity contribution in [2.45, 2.75) is 38.8 Å². The highest BCUT2D eigenvalue weighted by molar-refractivity contribution is 7.98. The number of benzene rings is 1. The normalized spacial score (nSPS) is 23.6. The van der Waals surface area contributed by atoms with Crippen molar-refractivity contribution in [3.05, 3.63) is 35.9 Å². The summed E-state index contributed by atoms with van der Waals surface area (Å²) in [6, 6.07) is 12.2. The Hall–Kier alpha value is -0.510. The molecule has 0 bridgehead atoms. The minimum Gasteiger partial charge on any atom is -0.311 e. The van der Waals surface area contributed by atoms with Crippen LogP contribution in [0.5, 0.6) is 0 Å². The van der Waals surface area contributed by atoms with Gasteiger partial charge >= 0.3 is 0 Å². The molecular formula is C18H30N2S. The van der Waals surface area contributed by atoms with Crippen LogP contribution in [0.15, 0.2) is 30.3 Å². The molecule has 0 saturated carbocycles. The summed E-state index contributed by atoms with van der Waals surface area (Å²) in [5.74, 6) is 2.00. The fourth-order valence-electron chi connectivity index (χ4n) is 3.26. The summed E-state index contributed by atoms with van der Waals surface area (Å²) < 4.78 is 0. The van der Waals surface area contributed by atoms with Crippen molar-refractivity contribution in [1.82, 2.24) is 10.2 Å². The Morgan fingerprint density at radius 2 is 2.05 bits per heavy atom. The fraction of sp³-hybridized carbons (Fsp3) is 0.667. The van der Waals surface area contributed by atoms with Gasteiger partial charge in [0.1, 0.15) is 0 Å². The lowest BCUT2D eigenvalue weighted by atomic mass is 9.95. The standard InChI is InChI=1S/C18H30N2S/c1-15(2)18-13-19-17(12-16-8-5-4-6-9-16)14-20(18)10-7-11-21-3/h4-6,8-9,15,17-19H,7,10-14H2,1-3H3. The lowest BCUT2D eigenvalue weighted by molar-refractivity contribution is 0.0988. The first-order chi connectivity index (χ1) is 10.2. The number of hydrogen-bond donors (Lipinski definition) is 1. The second-order valence-electron chi connectivity index (χ2n) is 6.45. The minimum absolute atomic E-state index is 0.594. The zero-order chi connectivity index (χ0) is 15.1. The summed E-state index contributed by atoms with van der Waals surface area (Å²) in [6.45, 7) is 8.27. The van der Waals surface area contributed by atoms with Gasteiger partial charge < -0.3 is 5.32 Å². The lowest BCUT2D eigenvalue weighted by Gasteiger charge is -2.42. The van der Waals surface area contributed by atoms with E-state index in [1.54, 1.807) is 0 Å². The highest BCUT2D eigenvalue weighted by atomic mass is 32.2. The summed E-state index contributed by atoms with van der Waals surface area (Å²) in [6.07, 6.45) is 4.66. The quantitative estimate of drug-likeness (QED) is 0.778. The Morgan fingerprint density at radius 3 is 2.71 bits per heavy atom. The molecule has 0 aliphatic carbocycles. The van der Waals surface area contributed by atoms with Crippen molar-refractivity contribution in [3.63, 3.8) is 0 Å². The van der Waals surface area contributed by atoms with E-state index in [1.165, 1.54) is 30.8 Å². The van der Waals surface area contributed by atoms with Crippen molar-refractivity contribution in [2.24, 2.45) is 5.92 Å². The van der Waals surface area contributed by atoms with Gasteiger partial charge in [0.05, 0.1) is 0 Å². The van der Waals surface area contributed by atoms with E-state index in [0.717, 1.165) is 18.9 Å². The SMILES string of the molecule is CSCCCN1CC(Cc2ccccc2)NCC1C(C)C. The number of rotatable bonds is 7. The van der Waals surface area contributed by atoms with Crippen LogP contribution in [-0.4, -0.2) is 48.6 Å². The predicted octanol–water partition coefficient (Wildman–Crippen LogP) is 3.28. The molecule has 1 N–H and O–H groups in total. The van der Waals surface area contributed by atoms with Gasteiger partial charge in [0, 0.05) is 25.2 Å². The summed E-state index contributed by atoms with van der Waals surface area (Å²) in [5.41, 5.74) is 1.45. The van der Waals surface area contributed by atoms with Crippen LogP contribution in [-0.2, 0) is 6.42 Å². The third-order valence-corrected chi connectivity index (χ3v) is 5.12. The summed E-state index contributed by atoms with van der Waals surface area (Å²) in [4.78, 5) is 2.73. The zero-order valence-corrected chi connectivity index (χ0v) is 14.5. The lowest BCUT2D eigenvalue weighted by Crippen LogP contribution is -2.58. The molecule has 21 heavy (non-hydrogen) atoms. The summed E-state index contributed by atoms with van der Waals surface area (Å²) in [5, 5.41) is 3.77. The van der Waals surface area contributed by atoms with Crippen molar-refractivity contribution in [2.75, 3.05) is 31.6 Å². The van der Waals surface area contributed by atoms with Crippen LogP contribution in [0, 0.1) is 5.92 Å². The van der Waals surface area contributed by atoms with E-state index in [2.05, 4.69) is 60.7 Å². The Kier molecular flexibility index (Phi) is 7.08. The van der Waals surface area contributed by atoms with Crippen LogP contribution in [0.4, 0.5) is 0 Å². The van der Waals surface area contributed by atoms with E-state index in [0.29, 0.717) is 12.1 Å². The Bertz CT molecular complexity index is 393. The molecule has 0 spiro atoms.